The van der Waals surface area contributed by atoms with E-state index in [9.17, 15) is 9.59 Å². The third kappa shape index (κ3) is 6.56. The van der Waals surface area contributed by atoms with Crippen molar-refractivity contribution in [2.24, 2.45) is 0 Å². The molecule has 0 saturated carbocycles. The maximum atomic E-state index is 12.0. The van der Waals surface area contributed by atoms with E-state index in [0.717, 1.165) is 24.2 Å². The van der Waals surface area contributed by atoms with Crippen molar-refractivity contribution in [1.29, 1.82) is 0 Å². The lowest BCUT2D eigenvalue weighted by Gasteiger charge is -2.14. The first-order valence-corrected chi connectivity index (χ1v) is 8.52. The molecule has 0 fully saturated rings. The van der Waals surface area contributed by atoms with E-state index in [1.165, 1.54) is 0 Å². The van der Waals surface area contributed by atoms with E-state index in [1.807, 2.05) is 27.1 Å². The van der Waals surface area contributed by atoms with Gasteiger partial charge in [0.25, 0.3) is 0 Å². The van der Waals surface area contributed by atoms with Crippen molar-refractivity contribution in [1.82, 2.24) is 20.2 Å². The summed E-state index contributed by atoms with van der Waals surface area (Å²) in [7, 11) is 3.67. The molecule has 0 spiro atoms. The van der Waals surface area contributed by atoms with Gasteiger partial charge < -0.3 is 25.8 Å². The molecule has 2 rings (SSSR count). The molecule has 1 heterocycles. The van der Waals surface area contributed by atoms with Gasteiger partial charge in [-0.2, -0.15) is 0 Å². The highest BCUT2D eigenvalue weighted by molar-refractivity contribution is 5.95. The molecule has 2 aromatic rings. The fraction of sp³-hybridized carbons (Fsp3) is 0.389. The van der Waals surface area contributed by atoms with Crippen LogP contribution in [-0.2, 0) is 11.2 Å². The van der Waals surface area contributed by atoms with Gasteiger partial charge >= 0.3 is 6.03 Å². The number of aromatic nitrogens is 2. The number of amides is 3. The van der Waals surface area contributed by atoms with Crippen molar-refractivity contribution >= 4 is 23.3 Å². The summed E-state index contributed by atoms with van der Waals surface area (Å²) in [6.07, 6.45) is 5.06. The highest BCUT2D eigenvalue weighted by atomic mass is 16.2. The van der Waals surface area contributed by atoms with Gasteiger partial charge in [-0.1, -0.05) is 6.07 Å². The molecule has 140 valence electrons. The van der Waals surface area contributed by atoms with E-state index in [4.69, 9.17) is 0 Å². The van der Waals surface area contributed by atoms with Crippen LogP contribution in [0.4, 0.5) is 16.2 Å². The molecule has 26 heavy (non-hydrogen) atoms. The minimum absolute atomic E-state index is 0.0994. The Morgan fingerprint density at radius 3 is 2.73 bits per heavy atom. The van der Waals surface area contributed by atoms with Crippen LogP contribution in [-0.4, -0.2) is 54.0 Å². The second-order valence-electron chi connectivity index (χ2n) is 6.34. The van der Waals surface area contributed by atoms with Gasteiger partial charge in [0.05, 0.1) is 6.54 Å². The summed E-state index contributed by atoms with van der Waals surface area (Å²) < 4.78 is 0. The van der Waals surface area contributed by atoms with Gasteiger partial charge in [0, 0.05) is 36.7 Å². The van der Waals surface area contributed by atoms with E-state index in [0.29, 0.717) is 24.5 Å². The monoisotopic (exact) mass is 358 g/mol. The van der Waals surface area contributed by atoms with Crippen molar-refractivity contribution in [3.63, 3.8) is 0 Å². The van der Waals surface area contributed by atoms with Gasteiger partial charge in [0.1, 0.15) is 5.82 Å². The molecule has 0 bridgehead atoms. The van der Waals surface area contributed by atoms with Crippen molar-refractivity contribution < 1.29 is 9.59 Å². The first-order valence-electron chi connectivity index (χ1n) is 8.52. The molecule has 8 nitrogen and oxygen atoms in total. The molecule has 0 aliphatic carbocycles. The van der Waals surface area contributed by atoms with Crippen LogP contribution in [0, 0.1) is 6.92 Å². The number of urea groups is 1. The van der Waals surface area contributed by atoms with Crippen LogP contribution in [0.1, 0.15) is 17.8 Å². The number of carbonyl (C=O) groups is 2. The van der Waals surface area contributed by atoms with Crippen LogP contribution in [0.5, 0.6) is 0 Å². The Labute approximate surface area is 153 Å². The first kappa shape index (κ1) is 19.5. The number of aryl methyl sites for hydroxylation is 2. The zero-order chi connectivity index (χ0) is 18.9. The van der Waals surface area contributed by atoms with E-state index < -0.39 is 0 Å². The lowest BCUT2D eigenvalue weighted by molar-refractivity contribution is -0.116. The van der Waals surface area contributed by atoms with Gasteiger partial charge in [-0.15, -0.1) is 0 Å². The van der Waals surface area contributed by atoms with E-state index in [2.05, 4.69) is 25.9 Å². The Hall–Kier alpha value is -2.87. The lowest BCUT2D eigenvalue weighted by atomic mass is 10.1. The minimum atomic E-state index is -0.279. The number of rotatable bonds is 8. The molecule has 8 heteroatoms. The molecule has 0 saturated heterocycles. The predicted molar refractivity (Wildman–Crippen MR) is 102 cm³/mol. The SMILES string of the molecule is Cc1ccc(NC(=O)NCCCc2ncc[nH]2)cc1NC(=O)CN(C)C. The Morgan fingerprint density at radius 1 is 1.23 bits per heavy atom. The molecule has 3 amide bonds. The fourth-order valence-electron chi connectivity index (χ4n) is 2.38. The van der Waals surface area contributed by atoms with E-state index in [1.54, 1.807) is 29.4 Å². The summed E-state index contributed by atoms with van der Waals surface area (Å²) >= 11 is 0. The summed E-state index contributed by atoms with van der Waals surface area (Å²) in [6.45, 7) is 2.75. The fourth-order valence-corrected chi connectivity index (χ4v) is 2.38. The number of carbonyl (C=O) groups excluding carboxylic acids is 2. The lowest BCUT2D eigenvalue weighted by Crippen LogP contribution is -2.30. The second-order valence-corrected chi connectivity index (χ2v) is 6.34. The summed E-state index contributed by atoms with van der Waals surface area (Å²) in [5.41, 5.74) is 2.24. The quantitative estimate of drug-likeness (QED) is 0.542. The Kier molecular flexibility index (Phi) is 7.16. The Balaban J connectivity index is 1.81. The molecule has 1 aromatic heterocycles. The van der Waals surface area contributed by atoms with Crippen LogP contribution < -0.4 is 16.0 Å². The Bertz CT molecular complexity index is 727. The third-order valence-electron chi connectivity index (χ3n) is 3.66. The smallest absolute Gasteiger partial charge is 0.319 e. The number of H-pyrrole nitrogens is 1. The predicted octanol–water partition coefficient (Wildman–Crippen LogP) is 1.97. The Morgan fingerprint density at radius 2 is 2.04 bits per heavy atom. The van der Waals surface area contributed by atoms with Gasteiger partial charge in [-0.3, -0.25) is 4.79 Å². The number of anilines is 2. The number of nitrogens with one attached hydrogen (secondary N) is 4. The average Bonchev–Trinajstić information content (AvgIpc) is 3.07. The van der Waals surface area contributed by atoms with Crippen molar-refractivity contribution in [3.8, 4) is 0 Å². The van der Waals surface area contributed by atoms with Crippen molar-refractivity contribution in [2.45, 2.75) is 19.8 Å². The number of benzene rings is 1. The van der Waals surface area contributed by atoms with Gasteiger partial charge in [0.15, 0.2) is 0 Å². The molecule has 1 aromatic carbocycles. The number of nitrogens with zero attached hydrogens (tertiary/aromatic N) is 2. The van der Waals surface area contributed by atoms with Crippen molar-refractivity contribution in [2.75, 3.05) is 37.8 Å². The number of aromatic amines is 1. The third-order valence-corrected chi connectivity index (χ3v) is 3.66. The van der Waals surface area contributed by atoms with Gasteiger partial charge in [0.2, 0.25) is 5.91 Å². The number of hydrogen-bond acceptors (Lipinski definition) is 4. The van der Waals surface area contributed by atoms with Crippen molar-refractivity contribution in [3.05, 3.63) is 42.0 Å². The molecule has 0 unspecified atom stereocenters. The molecule has 0 aliphatic rings. The summed E-state index contributed by atoms with van der Waals surface area (Å²) in [5.74, 6) is 0.807. The standard InChI is InChI=1S/C18H26N6O2/c1-13-6-7-14(11-15(13)23-17(25)12-24(2)3)22-18(26)21-8-4-5-16-19-9-10-20-16/h6-7,9-11H,4-5,8,12H2,1-3H3,(H,19,20)(H,23,25)(H2,21,22,26). The average molecular weight is 358 g/mol. The number of hydrogen-bond donors (Lipinski definition) is 4. The van der Waals surface area contributed by atoms with E-state index >= 15 is 0 Å². The number of likely N-dealkylation sites (N-methyl/N-ethyl adjacent to an activating group) is 1. The summed E-state index contributed by atoms with van der Waals surface area (Å²) in [5, 5.41) is 8.45. The maximum absolute atomic E-state index is 12.0. The molecule has 4 N–H and O–H groups in total. The van der Waals surface area contributed by atoms with Crippen LogP contribution in [0.3, 0.4) is 0 Å². The molecular weight excluding hydrogens is 332 g/mol. The largest absolute Gasteiger partial charge is 0.349 e. The molecular formula is C18H26N6O2. The summed E-state index contributed by atoms with van der Waals surface area (Å²) in [4.78, 5) is 32.9. The second kappa shape index (κ2) is 9.57. The first-order chi connectivity index (χ1) is 12.4. The summed E-state index contributed by atoms with van der Waals surface area (Å²) in [6, 6.07) is 5.14. The minimum Gasteiger partial charge on any atom is -0.349 e. The number of imidazole rings is 1. The highest BCUT2D eigenvalue weighted by Gasteiger charge is 2.08. The molecule has 0 aliphatic heterocycles. The molecule has 0 atom stereocenters. The van der Waals surface area contributed by atoms with Gasteiger partial charge in [-0.05, 0) is 45.1 Å². The van der Waals surface area contributed by atoms with Gasteiger partial charge in [-0.25, -0.2) is 9.78 Å². The van der Waals surface area contributed by atoms with Crippen LogP contribution in [0.25, 0.3) is 0 Å². The topological polar surface area (TPSA) is 102 Å². The van der Waals surface area contributed by atoms with E-state index in [-0.39, 0.29) is 11.9 Å². The van der Waals surface area contributed by atoms with Crippen LogP contribution in [0.15, 0.2) is 30.6 Å². The maximum Gasteiger partial charge on any atom is 0.319 e. The molecule has 0 radical (unpaired) electrons. The zero-order valence-electron chi connectivity index (χ0n) is 15.4. The normalized spacial score (nSPS) is 10.6. The van der Waals surface area contributed by atoms with Crippen LogP contribution >= 0.6 is 0 Å². The highest BCUT2D eigenvalue weighted by Crippen LogP contribution is 2.20. The van der Waals surface area contributed by atoms with Crippen LogP contribution in [0.2, 0.25) is 0 Å². The zero-order valence-corrected chi connectivity index (χ0v) is 15.4.